The molecule has 23 heavy (non-hydrogen) atoms. The molecule has 1 aromatic carbocycles. The number of hydrogen-bond acceptors (Lipinski definition) is 3. The largest absolute Gasteiger partial charge is 0.496 e. The van der Waals surface area contributed by atoms with Gasteiger partial charge in [-0.3, -0.25) is 4.40 Å². The summed E-state index contributed by atoms with van der Waals surface area (Å²) in [4.78, 5) is 15.8. The lowest BCUT2D eigenvalue weighted by Crippen LogP contribution is -2.10. The number of aryl methyl sites for hydroxylation is 3. The van der Waals surface area contributed by atoms with Crippen LogP contribution in [0.1, 0.15) is 27.2 Å². The maximum absolute atomic E-state index is 11.6. The molecule has 118 valence electrons. The number of aromatic carboxylic acids is 1. The van der Waals surface area contributed by atoms with Crippen LogP contribution in [-0.2, 0) is 12.8 Å². The number of methoxy groups -OCH3 is 1. The van der Waals surface area contributed by atoms with Crippen LogP contribution in [0.2, 0.25) is 0 Å². The van der Waals surface area contributed by atoms with E-state index in [-0.39, 0.29) is 5.69 Å². The number of ether oxygens (including phenoxy) is 1. The number of carbonyl (C=O) groups is 1. The van der Waals surface area contributed by atoms with Crippen LogP contribution < -0.4 is 4.74 Å². The average Bonchev–Trinajstić information content (AvgIpc) is 3.00. The molecule has 2 heterocycles. The minimum Gasteiger partial charge on any atom is -0.496 e. The highest BCUT2D eigenvalue weighted by Gasteiger charge is 2.15. The van der Waals surface area contributed by atoms with Crippen LogP contribution in [-0.4, -0.2) is 27.6 Å². The Morgan fingerprint density at radius 3 is 2.74 bits per heavy atom. The highest BCUT2D eigenvalue weighted by molar-refractivity contribution is 5.88. The molecule has 0 radical (unpaired) electrons. The van der Waals surface area contributed by atoms with Crippen molar-refractivity contribution >= 4 is 11.6 Å². The van der Waals surface area contributed by atoms with Crippen molar-refractivity contribution < 1.29 is 14.6 Å². The summed E-state index contributed by atoms with van der Waals surface area (Å²) in [5, 5.41) is 9.55. The predicted octanol–water partition coefficient (Wildman–Crippen LogP) is 3.13. The third kappa shape index (κ3) is 2.77. The van der Waals surface area contributed by atoms with Crippen molar-refractivity contribution in [2.24, 2.45) is 0 Å². The number of imidazole rings is 1. The molecule has 0 saturated carbocycles. The van der Waals surface area contributed by atoms with Crippen LogP contribution in [0, 0.1) is 6.92 Å². The van der Waals surface area contributed by atoms with Crippen molar-refractivity contribution in [3.8, 4) is 5.75 Å². The molecule has 0 amide bonds. The molecule has 1 N–H and O–H groups in total. The Morgan fingerprint density at radius 1 is 1.22 bits per heavy atom. The Hall–Kier alpha value is -2.82. The maximum atomic E-state index is 11.6. The summed E-state index contributed by atoms with van der Waals surface area (Å²) in [6, 6.07) is 9.69. The van der Waals surface area contributed by atoms with E-state index < -0.39 is 5.97 Å². The van der Waals surface area contributed by atoms with Gasteiger partial charge >= 0.3 is 5.97 Å². The summed E-state index contributed by atoms with van der Waals surface area (Å²) in [5.41, 5.74) is 3.85. The van der Waals surface area contributed by atoms with Gasteiger partial charge in [-0.1, -0.05) is 24.3 Å². The van der Waals surface area contributed by atoms with Gasteiger partial charge in [0.15, 0.2) is 0 Å². The average molecular weight is 310 g/mol. The van der Waals surface area contributed by atoms with Crippen LogP contribution >= 0.6 is 0 Å². The lowest BCUT2D eigenvalue weighted by Gasteiger charge is -2.12. The van der Waals surface area contributed by atoms with Crippen LogP contribution in [0.4, 0.5) is 0 Å². The third-order valence-corrected chi connectivity index (χ3v) is 4.01. The van der Waals surface area contributed by atoms with Crippen molar-refractivity contribution in [1.29, 1.82) is 0 Å². The van der Waals surface area contributed by atoms with E-state index in [0.29, 0.717) is 18.5 Å². The molecule has 0 saturated heterocycles. The molecule has 0 unspecified atom stereocenters. The fourth-order valence-corrected chi connectivity index (χ4v) is 2.95. The van der Waals surface area contributed by atoms with Gasteiger partial charge in [-0.25, -0.2) is 9.78 Å². The number of pyridine rings is 1. The third-order valence-electron chi connectivity index (χ3n) is 4.01. The van der Waals surface area contributed by atoms with Gasteiger partial charge in [0, 0.05) is 12.4 Å². The van der Waals surface area contributed by atoms with Gasteiger partial charge in [0.05, 0.1) is 7.11 Å². The molecule has 0 aliphatic carbocycles. The fourth-order valence-electron chi connectivity index (χ4n) is 2.95. The molecular formula is C18H18N2O3. The second-order valence-electron chi connectivity index (χ2n) is 5.44. The smallest absolute Gasteiger partial charge is 0.353 e. The first-order valence-corrected chi connectivity index (χ1v) is 7.42. The van der Waals surface area contributed by atoms with E-state index in [1.165, 1.54) is 0 Å². The predicted molar refractivity (Wildman–Crippen MR) is 87.3 cm³/mol. The Labute approximate surface area is 134 Å². The molecule has 0 atom stereocenters. The molecule has 0 bridgehead atoms. The van der Waals surface area contributed by atoms with Crippen LogP contribution in [0.25, 0.3) is 5.65 Å². The highest BCUT2D eigenvalue weighted by Crippen LogP contribution is 2.25. The number of fused-ring (bicyclic) bond motifs is 1. The first-order chi connectivity index (χ1) is 11.1. The standard InChI is InChI=1S/C18H18N2O3/c1-12-4-3-5-14(17(12)23-2)7-6-13-8-9-15-19-10-11-20(15)16(13)18(21)22/h3-5,8-11H,6-7H2,1-2H3,(H,21,22). The van der Waals surface area contributed by atoms with Crippen LogP contribution in [0.15, 0.2) is 42.7 Å². The summed E-state index contributed by atoms with van der Waals surface area (Å²) in [5.74, 6) is -0.0760. The number of carboxylic acid groups (broad SMARTS) is 1. The molecule has 2 aromatic heterocycles. The Balaban J connectivity index is 1.95. The molecule has 5 heteroatoms. The van der Waals surface area contributed by atoms with E-state index in [0.717, 1.165) is 22.4 Å². The van der Waals surface area contributed by atoms with Gasteiger partial charge in [-0.05, 0) is 42.5 Å². The topological polar surface area (TPSA) is 63.8 Å². The molecular weight excluding hydrogens is 292 g/mol. The van der Waals surface area contributed by atoms with Crippen molar-refractivity contribution in [1.82, 2.24) is 9.38 Å². The van der Waals surface area contributed by atoms with Gasteiger partial charge in [0.2, 0.25) is 0 Å². The van der Waals surface area contributed by atoms with Gasteiger partial charge in [-0.2, -0.15) is 0 Å². The van der Waals surface area contributed by atoms with Gasteiger partial charge in [0.1, 0.15) is 17.1 Å². The summed E-state index contributed by atoms with van der Waals surface area (Å²) in [6.07, 6.45) is 4.62. The number of nitrogens with zero attached hydrogens (tertiary/aromatic N) is 2. The zero-order valence-electron chi connectivity index (χ0n) is 13.1. The maximum Gasteiger partial charge on any atom is 0.353 e. The van der Waals surface area contributed by atoms with Crippen LogP contribution in [0.3, 0.4) is 0 Å². The molecule has 0 aliphatic heterocycles. The van der Waals surface area contributed by atoms with E-state index in [1.807, 2.05) is 37.3 Å². The lowest BCUT2D eigenvalue weighted by molar-refractivity contribution is 0.0687. The number of carboxylic acids is 1. The SMILES string of the molecule is COc1c(C)cccc1CCc1ccc2nccn2c1C(=O)O. The van der Waals surface area contributed by atoms with Gasteiger partial charge < -0.3 is 9.84 Å². The summed E-state index contributed by atoms with van der Waals surface area (Å²) in [7, 11) is 1.66. The van der Waals surface area contributed by atoms with E-state index in [1.54, 1.807) is 23.9 Å². The highest BCUT2D eigenvalue weighted by atomic mass is 16.5. The van der Waals surface area contributed by atoms with Crippen LogP contribution in [0.5, 0.6) is 5.75 Å². The number of para-hydroxylation sites is 1. The number of rotatable bonds is 5. The van der Waals surface area contributed by atoms with Crippen molar-refractivity contribution in [3.63, 3.8) is 0 Å². The minimum absolute atomic E-state index is 0.270. The summed E-state index contributed by atoms with van der Waals surface area (Å²) in [6.45, 7) is 2.00. The number of aromatic nitrogens is 2. The van der Waals surface area contributed by atoms with E-state index in [9.17, 15) is 9.90 Å². The molecule has 3 aromatic rings. The number of hydrogen-bond donors (Lipinski definition) is 1. The molecule has 5 nitrogen and oxygen atoms in total. The zero-order valence-corrected chi connectivity index (χ0v) is 13.1. The second kappa shape index (κ2) is 6.12. The zero-order chi connectivity index (χ0) is 16.4. The van der Waals surface area contributed by atoms with E-state index in [4.69, 9.17) is 4.74 Å². The normalized spacial score (nSPS) is 10.9. The lowest BCUT2D eigenvalue weighted by atomic mass is 10.0. The molecule has 3 rings (SSSR count). The molecule has 0 spiro atoms. The minimum atomic E-state index is -0.945. The van der Waals surface area contributed by atoms with Gasteiger partial charge in [-0.15, -0.1) is 0 Å². The Kier molecular flexibility index (Phi) is 4.02. The number of benzene rings is 1. The first-order valence-electron chi connectivity index (χ1n) is 7.42. The molecule has 0 fully saturated rings. The van der Waals surface area contributed by atoms with Crippen molar-refractivity contribution in [2.45, 2.75) is 19.8 Å². The summed E-state index contributed by atoms with van der Waals surface area (Å²) < 4.78 is 7.08. The fraction of sp³-hybridized carbons (Fsp3) is 0.222. The first kappa shape index (κ1) is 15.1. The van der Waals surface area contributed by atoms with E-state index >= 15 is 0 Å². The molecule has 0 aliphatic rings. The van der Waals surface area contributed by atoms with Crippen molar-refractivity contribution in [2.75, 3.05) is 7.11 Å². The Morgan fingerprint density at radius 2 is 2.00 bits per heavy atom. The van der Waals surface area contributed by atoms with Crippen molar-refractivity contribution in [3.05, 3.63) is 65.1 Å². The quantitative estimate of drug-likeness (QED) is 0.786. The monoisotopic (exact) mass is 310 g/mol. The summed E-state index contributed by atoms with van der Waals surface area (Å²) >= 11 is 0. The van der Waals surface area contributed by atoms with E-state index in [2.05, 4.69) is 4.98 Å². The Bertz CT molecular complexity index is 868. The van der Waals surface area contributed by atoms with Gasteiger partial charge in [0.25, 0.3) is 0 Å². The second-order valence-corrected chi connectivity index (χ2v) is 5.44.